The molecule has 1 aromatic rings. The van der Waals surface area contributed by atoms with Gasteiger partial charge in [0.05, 0.1) is 13.0 Å². The number of nitrogens with one attached hydrogen (secondary N) is 2. The van der Waals surface area contributed by atoms with Gasteiger partial charge in [0, 0.05) is 13.1 Å². The highest BCUT2D eigenvalue weighted by atomic mass is 16.5. The van der Waals surface area contributed by atoms with Crippen LogP contribution in [0.3, 0.4) is 0 Å². The molecule has 0 bridgehead atoms. The van der Waals surface area contributed by atoms with Gasteiger partial charge in [-0.25, -0.2) is 0 Å². The zero-order valence-electron chi connectivity index (χ0n) is 12.8. The first-order valence-electron chi connectivity index (χ1n) is 7.31. The molecule has 0 radical (unpaired) electrons. The summed E-state index contributed by atoms with van der Waals surface area (Å²) in [5.74, 6) is 0.890. The van der Waals surface area contributed by atoms with Crippen molar-refractivity contribution in [2.24, 2.45) is 0 Å². The summed E-state index contributed by atoms with van der Waals surface area (Å²) in [6.45, 7) is 9.08. The number of carbonyl (C=O) groups excluding carboxylic acids is 1. The van der Waals surface area contributed by atoms with Gasteiger partial charge in [0.15, 0.2) is 0 Å². The molecule has 0 aromatic heterocycles. The number of amides is 1. The number of hydrogen-bond acceptors (Lipinski definition) is 3. The van der Waals surface area contributed by atoms with Crippen molar-refractivity contribution < 1.29 is 9.53 Å². The maximum Gasteiger partial charge on any atom is 0.223 e. The molecule has 0 aliphatic rings. The van der Waals surface area contributed by atoms with Gasteiger partial charge in [-0.3, -0.25) is 4.79 Å². The van der Waals surface area contributed by atoms with E-state index < -0.39 is 0 Å². The van der Waals surface area contributed by atoms with Crippen LogP contribution in [0.2, 0.25) is 0 Å². The Kier molecular flexibility index (Phi) is 7.73. The minimum Gasteiger partial charge on any atom is -0.493 e. The Balaban J connectivity index is 2.15. The molecule has 0 atom stereocenters. The van der Waals surface area contributed by atoms with E-state index >= 15 is 0 Å². The fraction of sp³-hybridized carbons (Fsp3) is 0.562. The molecule has 0 unspecified atom stereocenters. The van der Waals surface area contributed by atoms with Gasteiger partial charge in [0.1, 0.15) is 5.75 Å². The lowest BCUT2D eigenvalue weighted by molar-refractivity contribution is -0.121. The van der Waals surface area contributed by atoms with E-state index in [0.29, 0.717) is 19.6 Å². The highest BCUT2D eigenvalue weighted by Gasteiger charge is 2.03. The molecule has 2 N–H and O–H groups in total. The largest absolute Gasteiger partial charge is 0.493 e. The molecule has 0 saturated heterocycles. The van der Waals surface area contributed by atoms with Gasteiger partial charge in [-0.05, 0) is 38.4 Å². The molecule has 4 nitrogen and oxygen atoms in total. The monoisotopic (exact) mass is 278 g/mol. The van der Waals surface area contributed by atoms with Crippen molar-refractivity contribution in [3.05, 3.63) is 29.3 Å². The molecule has 4 heteroatoms. The molecule has 1 amide bonds. The number of aryl methyl sites for hydroxylation is 2. The summed E-state index contributed by atoms with van der Waals surface area (Å²) < 4.78 is 5.63. The van der Waals surface area contributed by atoms with Gasteiger partial charge >= 0.3 is 0 Å². The Hall–Kier alpha value is -1.55. The van der Waals surface area contributed by atoms with Crippen molar-refractivity contribution in [3.8, 4) is 5.75 Å². The van der Waals surface area contributed by atoms with Crippen LogP contribution in [-0.2, 0) is 4.79 Å². The molecule has 0 saturated carbocycles. The predicted octanol–water partition coefficient (Wildman–Crippen LogP) is 2.19. The molecule has 0 fully saturated rings. The molecule has 112 valence electrons. The van der Waals surface area contributed by atoms with Crippen LogP contribution in [0.1, 0.15) is 30.9 Å². The number of carbonyl (C=O) groups is 1. The van der Waals surface area contributed by atoms with Crippen LogP contribution < -0.4 is 15.4 Å². The van der Waals surface area contributed by atoms with E-state index in [0.717, 1.165) is 30.8 Å². The quantitative estimate of drug-likeness (QED) is 0.681. The summed E-state index contributed by atoms with van der Waals surface area (Å²) in [6, 6.07) is 6.05. The fourth-order valence-electron chi connectivity index (χ4n) is 1.90. The van der Waals surface area contributed by atoms with Gasteiger partial charge in [-0.2, -0.15) is 0 Å². The van der Waals surface area contributed by atoms with Crippen LogP contribution in [0.25, 0.3) is 0 Å². The van der Waals surface area contributed by atoms with Gasteiger partial charge in [0.25, 0.3) is 0 Å². The molecule has 0 aliphatic carbocycles. The highest BCUT2D eigenvalue weighted by molar-refractivity contribution is 5.75. The maximum absolute atomic E-state index is 11.6. The van der Waals surface area contributed by atoms with E-state index in [-0.39, 0.29) is 5.91 Å². The summed E-state index contributed by atoms with van der Waals surface area (Å²) in [5, 5.41) is 6.11. The molecular formula is C16H26N2O2. The molecule has 1 rings (SSSR count). The standard InChI is InChI=1S/C16H26N2O2/c1-4-8-17-9-10-18-16(19)7-11-20-15-6-5-13(2)12-14(15)3/h5-6,12,17H,4,7-11H2,1-3H3,(H,18,19). The molecular weight excluding hydrogens is 252 g/mol. The lowest BCUT2D eigenvalue weighted by atomic mass is 10.1. The highest BCUT2D eigenvalue weighted by Crippen LogP contribution is 2.18. The average molecular weight is 278 g/mol. The number of hydrogen-bond donors (Lipinski definition) is 2. The Morgan fingerprint density at radius 1 is 1.20 bits per heavy atom. The third kappa shape index (κ3) is 6.57. The van der Waals surface area contributed by atoms with Crippen molar-refractivity contribution in [1.82, 2.24) is 10.6 Å². The Morgan fingerprint density at radius 2 is 2.00 bits per heavy atom. The second-order valence-electron chi connectivity index (χ2n) is 4.97. The van der Waals surface area contributed by atoms with E-state index in [4.69, 9.17) is 4.74 Å². The lowest BCUT2D eigenvalue weighted by Gasteiger charge is -2.10. The van der Waals surface area contributed by atoms with E-state index in [9.17, 15) is 4.79 Å². The third-order valence-corrected chi connectivity index (χ3v) is 2.97. The SMILES string of the molecule is CCCNCCNC(=O)CCOc1ccc(C)cc1C. The van der Waals surface area contributed by atoms with Crippen molar-refractivity contribution in [1.29, 1.82) is 0 Å². The topological polar surface area (TPSA) is 50.4 Å². The zero-order chi connectivity index (χ0) is 14.8. The normalized spacial score (nSPS) is 10.3. The van der Waals surface area contributed by atoms with Gasteiger partial charge < -0.3 is 15.4 Å². The molecule has 1 aromatic carbocycles. The average Bonchev–Trinajstić information content (AvgIpc) is 2.41. The molecule has 0 heterocycles. The van der Waals surface area contributed by atoms with Crippen LogP contribution in [0.15, 0.2) is 18.2 Å². The van der Waals surface area contributed by atoms with Crippen molar-refractivity contribution >= 4 is 5.91 Å². The van der Waals surface area contributed by atoms with E-state index in [1.54, 1.807) is 0 Å². The zero-order valence-corrected chi connectivity index (χ0v) is 12.8. The number of rotatable bonds is 9. The predicted molar refractivity (Wildman–Crippen MR) is 82.2 cm³/mol. The van der Waals surface area contributed by atoms with Crippen molar-refractivity contribution in [2.45, 2.75) is 33.6 Å². The smallest absolute Gasteiger partial charge is 0.223 e. The first-order valence-corrected chi connectivity index (χ1v) is 7.31. The third-order valence-electron chi connectivity index (χ3n) is 2.97. The van der Waals surface area contributed by atoms with Crippen LogP contribution >= 0.6 is 0 Å². The molecule has 0 aliphatic heterocycles. The van der Waals surface area contributed by atoms with E-state index in [1.807, 2.05) is 19.1 Å². The Bertz CT molecular complexity index is 419. The van der Waals surface area contributed by atoms with Crippen LogP contribution in [0.5, 0.6) is 5.75 Å². The van der Waals surface area contributed by atoms with Crippen LogP contribution in [-0.4, -0.2) is 32.1 Å². The fourth-order valence-corrected chi connectivity index (χ4v) is 1.90. The van der Waals surface area contributed by atoms with Crippen LogP contribution in [0.4, 0.5) is 0 Å². The second kappa shape index (κ2) is 9.37. The van der Waals surface area contributed by atoms with Gasteiger partial charge in [0.2, 0.25) is 5.91 Å². The van der Waals surface area contributed by atoms with Crippen molar-refractivity contribution in [2.75, 3.05) is 26.2 Å². The number of ether oxygens (including phenoxy) is 1. The Labute approximate surface area is 121 Å². The lowest BCUT2D eigenvalue weighted by Crippen LogP contribution is -2.32. The van der Waals surface area contributed by atoms with Gasteiger partial charge in [-0.1, -0.05) is 24.6 Å². The van der Waals surface area contributed by atoms with Gasteiger partial charge in [-0.15, -0.1) is 0 Å². The summed E-state index contributed by atoms with van der Waals surface area (Å²) >= 11 is 0. The van der Waals surface area contributed by atoms with Crippen molar-refractivity contribution in [3.63, 3.8) is 0 Å². The van der Waals surface area contributed by atoms with Crippen LogP contribution in [0, 0.1) is 13.8 Å². The maximum atomic E-state index is 11.6. The minimum atomic E-state index is 0.0352. The minimum absolute atomic E-state index is 0.0352. The first kappa shape index (κ1) is 16.5. The van der Waals surface area contributed by atoms with E-state index in [1.165, 1.54) is 5.56 Å². The molecule has 0 spiro atoms. The second-order valence-corrected chi connectivity index (χ2v) is 4.97. The summed E-state index contributed by atoms with van der Waals surface area (Å²) in [7, 11) is 0. The first-order chi connectivity index (χ1) is 9.63. The van der Waals surface area contributed by atoms with E-state index in [2.05, 4.69) is 30.5 Å². The number of benzene rings is 1. The Morgan fingerprint density at radius 3 is 2.70 bits per heavy atom. The summed E-state index contributed by atoms with van der Waals surface area (Å²) in [5.41, 5.74) is 2.32. The summed E-state index contributed by atoms with van der Waals surface area (Å²) in [6.07, 6.45) is 1.50. The molecule has 20 heavy (non-hydrogen) atoms. The summed E-state index contributed by atoms with van der Waals surface area (Å²) in [4.78, 5) is 11.6.